The second kappa shape index (κ2) is 7.87. The smallest absolute Gasteiger partial charge is 0.340 e. The Hall–Kier alpha value is -3.86. The molecule has 30 heavy (non-hydrogen) atoms. The average molecular weight is 399 g/mol. The van der Waals surface area contributed by atoms with E-state index in [1.54, 1.807) is 25.0 Å². The van der Waals surface area contributed by atoms with Gasteiger partial charge in [0.25, 0.3) is 5.91 Å². The van der Waals surface area contributed by atoms with Crippen molar-refractivity contribution in [1.82, 2.24) is 0 Å². The predicted octanol–water partition coefficient (Wildman–Crippen LogP) is 4.73. The van der Waals surface area contributed by atoms with Crippen LogP contribution in [0.25, 0.3) is 16.8 Å². The molecule has 0 radical (unpaired) electrons. The molecule has 0 fully saturated rings. The van der Waals surface area contributed by atoms with Crippen LogP contribution in [0, 0.1) is 0 Å². The van der Waals surface area contributed by atoms with Gasteiger partial charge in [0.15, 0.2) is 0 Å². The maximum atomic E-state index is 13.6. The minimum Gasteiger partial charge on any atom is -0.496 e. The van der Waals surface area contributed by atoms with Crippen molar-refractivity contribution in [3.05, 3.63) is 89.1 Å². The molecule has 1 amide bonds. The minimum absolute atomic E-state index is 0.251. The number of esters is 1. The van der Waals surface area contributed by atoms with Crippen molar-refractivity contribution in [3.8, 4) is 5.75 Å². The number of carbonyl (C=O) groups excluding carboxylic acids is 2. The normalized spacial score (nSPS) is 15.2. The number of allylic oxidation sites excluding steroid dienone is 1. The number of hydrogen-bond donors (Lipinski definition) is 0. The van der Waals surface area contributed by atoms with Gasteiger partial charge in [-0.2, -0.15) is 0 Å². The molecule has 0 N–H and O–H groups in total. The van der Waals surface area contributed by atoms with E-state index in [0.29, 0.717) is 17.0 Å². The summed E-state index contributed by atoms with van der Waals surface area (Å²) in [7, 11) is 2.88. The number of methoxy groups -OCH3 is 2. The van der Waals surface area contributed by atoms with Gasteiger partial charge in [-0.15, -0.1) is 0 Å². The summed E-state index contributed by atoms with van der Waals surface area (Å²) in [5.41, 5.74) is 2.49. The minimum atomic E-state index is -0.551. The molecule has 3 aromatic rings. The van der Waals surface area contributed by atoms with Gasteiger partial charge >= 0.3 is 5.97 Å². The fourth-order valence-electron chi connectivity index (χ4n) is 3.81. The molecule has 0 aliphatic carbocycles. The molecule has 0 unspecified atom stereocenters. The Labute approximate surface area is 174 Å². The van der Waals surface area contributed by atoms with Crippen LogP contribution < -0.4 is 9.64 Å². The van der Waals surface area contributed by atoms with Crippen LogP contribution in [0.5, 0.6) is 5.75 Å². The quantitative estimate of drug-likeness (QED) is 0.470. The highest BCUT2D eigenvalue weighted by Gasteiger charge is 2.38. The van der Waals surface area contributed by atoms with E-state index < -0.39 is 5.97 Å². The molecule has 1 aliphatic rings. The summed E-state index contributed by atoms with van der Waals surface area (Å²) >= 11 is 0. The molecule has 0 bridgehead atoms. The molecular weight excluding hydrogens is 378 g/mol. The Kier molecular flexibility index (Phi) is 5.11. The van der Waals surface area contributed by atoms with Crippen molar-refractivity contribution in [1.29, 1.82) is 0 Å². The van der Waals surface area contributed by atoms with Crippen molar-refractivity contribution in [3.63, 3.8) is 0 Å². The lowest BCUT2D eigenvalue weighted by Gasteiger charge is -2.20. The lowest BCUT2D eigenvalue weighted by molar-refractivity contribution is -0.136. The van der Waals surface area contributed by atoms with E-state index in [0.717, 1.165) is 16.5 Å². The van der Waals surface area contributed by atoms with Crippen LogP contribution in [-0.4, -0.2) is 26.1 Å². The van der Waals surface area contributed by atoms with Gasteiger partial charge in [0.1, 0.15) is 5.75 Å². The van der Waals surface area contributed by atoms with E-state index in [9.17, 15) is 9.59 Å². The molecule has 3 aromatic carbocycles. The summed E-state index contributed by atoms with van der Waals surface area (Å²) in [6.45, 7) is 1.76. The van der Waals surface area contributed by atoms with Gasteiger partial charge in [-0.3, -0.25) is 9.69 Å². The number of fused-ring (bicyclic) bond motifs is 1. The topological polar surface area (TPSA) is 55.8 Å². The number of ether oxygens (including phenoxy) is 2. The van der Waals surface area contributed by atoms with Crippen LogP contribution >= 0.6 is 0 Å². The molecule has 4 rings (SSSR count). The Morgan fingerprint density at radius 3 is 2.40 bits per heavy atom. The van der Waals surface area contributed by atoms with E-state index in [2.05, 4.69) is 0 Å². The zero-order chi connectivity index (χ0) is 21.3. The van der Waals surface area contributed by atoms with E-state index in [-0.39, 0.29) is 17.1 Å². The summed E-state index contributed by atoms with van der Waals surface area (Å²) in [4.78, 5) is 27.8. The molecule has 0 saturated heterocycles. The van der Waals surface area contributed by atoms with Gasteiger partial charge in [-0.05, 0) is 30.5 Å². The Bertz CT molecular complexity index is 1220. The molecule has 5 nitrogen and oxygen atoms in total. The second-order valence-electron chi connectivity index (χ2n) is 6.89. The number of anilines is 1. The molecule has 1 aliphatic heterocycles. The largest absolute Gasteiger partial charge is 0.496 e. The zero-order valence-electron chi connectivity index (χ0n) is 17.0. The maximum absolute atomic E-state index is 13.6. The molecule has 0 aromatic heterocycles. The lowest BCUT2D eigenvalue weighted by atomic mass is 10.0. The Morgan fingerprint density at radius 1 is 0.933 bits per heavy atom. The van der Waals surface area contributed by atoms with Crippen LogP contribution in [0.1, 0.15) is 12.5 Å². The van der Waals surface area contributed by atoms with Gasteiger partial charge in [-0.25, -0.2) is 4.79 Å². The summed E-state index contributed by atoms with van der Waals surface area (Å²) in [6, 6.07) is 21.0. The lowest BCUT2D eigenvalue weighted by Crippen LogP contribution is -2.24. The first kappa shape index (κ1) is 19.5. The van der Waals surface area contributed by atoms with Crippen LogP contribution in [0.15, 0.2) is 83.6 Å². The van der Waals surface area contributed by atoms with E-state index in [1.807, 2.05) is 66.7 Å². The molecule has 0 spiro atoms. The first-order valence-corrected chi connectivity index (χ1v) is 9.53. The fourth-order valence-corrected chi connectivity index (χ4v) is 3.81. The monoisotopic (exact) mass is 399 g/mol. The number of amides is 1. The van der Waals surface area contributed by atoms with Crippen LogP contribution in [-0.2, 0) is 14.3 Å². The summed E-state index contributed by atoms with van der Waals surface area (Å²) in [5.74, 6) is -0.219. The number of benzene rings is 3. The molecular formula is C25H21NO4. The van der Waals surface area contributed by atoms with Crippen molar-refractivity contribution in [2.24, 2.45) is 0 Å². The Morgan fingerprint density at radius 2 is 1.63 bits per heavy atom. The highest BCUT2D eigenvalue weighted by Crippen LogP contribution is 2.39. The van der Waals surface area contributed by atoms with Crippen LogP contribution in [0.3, 0.4) is 0 Å². The Balaban J connectivity index is 1.93. The van der Waals surface area contributed by atoms with Crippen LogP contribution in [0.4, 0.5) is 5.69 Å². The number of nitrogens with zero attached hydrogens (tertiary/aromatic N) is 1. The zero-order valence-corrected chi connectivity index (χ0v) is 17.0. The van der Waals surface area contributed by atoms with Gasteiger partial charge in [-0.1, -0.05) is 54.6 Å². The van der Waals surface area contributed by atoms with Crippen molar-refractivity contribution >= 4 is 34.4 Å². The van der Waals surface area contributed by atoms with Crippen molar-refractivity contribution in [2.45, 2.75) is 6.92 Å². The first-order chi connectivity index (χ1) is 14.6. The van der Waals surface area contributed by atoms with Crippen LogP contribution in [0.2, 0.25) is 0 Å². The standard InChI is InChI=1S/C25H21NO4/c1-16-23(25(28)30-3)20(15-18-10-5-7-14-22(18)29-2)24(27)26(16)21-13-8-11-17-9-4-6-12-19(17)21/h4-15H,1-3H3. The van der Waals surface area contributed by atoms with Crippen molar-refractivity contribution in [2.75, 3.05) is 19.1 Å². The van der Waals surface area contributed by atoms with E-state index in [4.69, 9.17) is 9.47 Å². The van der Waals surface area contributed by atoms with Gasteiger partial charge in [0, 0.05) is 16.6 Å². The predicted molar refractivity (Wildman–Crippen MR) is 117 cm³/mol. The third-order valence-corrected chi connectivity index (χ3v) is 5.24. The second-order valence-corrected chi connectivity index (χ2v) is 6.89. The van der Waals surface area contributed by atoms with E-state index >= 15 is 0 Å². The molecule has 150 valence electrons. The first-order valence-electron chi connectivity index (χ1n) is 9.53. The molecule has 1 heterocycles. The number of carbonyl (C=O) groups is 2. The third-order valence-electron chi connectivity index (χ3n) is 5.24. The number of rotatable bonds is 4. The highest BCUT2D eigenvalue weighted by atomic mass is 16.5. The third kappa shape index (κ3) is 3.14. The molecule has 0 atom stereocenters. The summed E-state index contributed by atoms with van der Waals surface area (Å²) in [5, 5.41) is 1.94. The fraction of sp³-hybridized carbons (Fsp3) is 0.120. The highest BCUT2D eigenvalue weighted by molar-refractivity contribution is 6.25. The maximum Gasteiger partial charge on any atom is 0.340 e. The number of hydrogen-bond acceptors (Lipinski definition) is 4. The van der Waals surface area contributed by atoms with Crippen molar-refractivity contribution < 1.29 is 19.1 Å². The summed E-state index contributed by atoms with van der Waals surface area (Å²) < 4.78 is 10.4. The molecule has 0 saturated carbocycles. The summed E-state index contributed by atoms with van der Waals surface area (Å²) in [6.07, 6.45) is 1.68. The number of para-hydroxylation sites is 1. The SMILES string of the molecule is COC(=O)C1=C(C)N(c2cccc3ccccc23)C(=O)C1=Cc1ccccc1OC. The van der Waals surface area contributed by atoms with Gasteiger partial charge < -0.3 is 9.47 Å². The average Bonchev–Trinajstić information content (AvgIpc) is 3.02. The van der Waals surface area contributed by atoms with Gasteiger partial charge in [0.05, 0.1) is 31.1 Å². The molecule has 5 heteroatoms. The van der Waals surface area contributed by atoms with Gasteiger partial charge in [0.2, 0.25) is 0 Å². The van der Waals surface area contributed by atoms with E-state index in [1.165, 1.54) is 7.11 Å².